The zero-order valence-electron chi connectivity index (χ0n) is 28.5. The third-order valence-electron chi connectivity index (χ3n) is 9.27. The average molecular weight is 702 g/mol. The fourth-order valence-corrected chi connectivity index (χ4v) is 7.26. The van der Waals surface area contributed by atoms with Crippen LogP contribution in [0.3, 0.4) is 0 Å². The van der Waals surface area contributed by atoms with E-state index < -0.39 is 75.2 Å². The number of carbonyl (C=O) groups excluding carboxylic acids is 5. The number of hydrogen-bond acceptors (Lipinski definition) is 9. The Kier molecular flexibility index (Phi) is 10.6. The molecule has 3 aliphatic heterocycles. The summed E-state index contributed by atoms with van der Waals surface area (Å²) in [4.78, 5) is 70.6. The van der Waals surface area contributed by atoms with Crippen molar-refractivity contribution in [3.8, 4) is 0 Å². The first-order valence-electron chi connectivity index (χ1n) is 16.9. The van der Waals surface area contributed by atoms with E-state index in [9.17, 15) is 32.4 Å². The number of nitrogens with one attached hydrogen (secondary N) is 3. The second-order valence-electron chi connectivity index (χ2n) is 14.4. The van der Waals surface area contributed by atoms with Crippen LogP contribution in [0.1, 0.15) is 76.8 Å². The molecule has 5 amide bonds. The van der Waals surface area contributed by atoms with E-state index in [0.717, 1.165) is 30.2 Å². The minimum absolute atomic E-state index is 0.0584. The zero-order valence-corrected chi connectivity index (χ0v) is 29.3. The molecule has 14 nitrogen and oxygen atoms in total. The summed E-state index contributed by atoms with van der Waals surface area (Å²) in [6.45, 7) is 5.82. The molecule has 15 heteroatoms. The Morgan fingerprint density at radius 2 is 1.80 bits per heavy atom. The van der Waals surface area contributed by atoms with E-state index in [1.807, 2.05) is 41.1 Å². The second-order valence-corrected chi connectivity index (χ2v) is 16.2. The van der Waals surface area contributed by atoms with Gasteiger partial charge in [-0.1, -0.05) is 49.3 Å². The van der Waals surface area contributed by atoms with Gasteiger partial charge in [-0.05, 0) is 64.0 Å². The Morgan fingerprint density at radius 1 is 1.06 bits per heavy atom. The molecule has 2 fully saturated rings. The Morgan fingerprint density at radius 3 is 2.51 bits per heavy atom. The van der Waals surface area contributed by atoms with Gasteiger partial charge in [-0.2, -0.15) is 0 Å². The zero-order chi connectivity index (χ0) is 35.6. The quantitative estimate of drug-likeness (QED) is 0.398. The number of carbonyl (C=O) groups is 5. The minimum atomic E-state index is -3.93. The van der Waals surface area contributed by atoms with Crippen LogP contribution in [0.4, 0.5) is 9.59 Å². The summed E-state index contributed by atoms with van der Waals surface area (Å²) < 4.78 is 37.3. The molecule has 0 aromatic heterocycles. The molecule has 3 N–H and O–H groups in total. The highest BCUT2D eigenvalue weighted by Gasteiger charge is 2.61. The first-order chi connectivity index (χ1) is 23.0. The molecular formula is C34H47N5O9S. The lowest BCUT2D eigenvalue weighted by atomic mass is 10.0. The van der Waals surface area contributed by atoms with Crippen LogP contribution >= 0.6 is 0 Å². The van der Waals surface area contributed by atoms with Gasteiger partial charge in [0.15, 0.2) is 0 Å². The van der Waals surface area contributed by atoms with E-state index in [4.69, 9.17) is 9.47 Å². The lowest BCUT2D eigenvalue weighted by Gasteiger charge is -2.30. The maximum atomic E-state index is 14.2. The van der Waals surface area contributed by atoms with Gasteiger partial charge >= 0.3 is 12.2 Å². The number of amides is 5. The van der Waals surface area contributed by atoms with Crippen molar-refractivity contribution in [2.75, 3.05) is 19.3 Å². The number of ether oxygens (including phenoxy) is 2. The number of rotatable bonds is 4. The lowest BCUT2D eigenvalue weighted by molar-refractivity contribution is -0.141. The van der Waals surface area contributed by atoms with Gasteiger partial charge in [-0.25, -0.2) is 18.0 Å². The molecule has 4 aliphatic rings. The van der Waals surface area contributed by atoms with E-state index in [1.165, 1.54) is 4.90 Å². The average Bonchev–Trinajstić information content (AvgIpc) is 3.54. The maximum absolute atomic E-state index is 14.2. The van der Waals surface area contributed by atoms with Crippen molar-refractivity contribution >= 4 is 39.9 Å². The standard InChI is InChI=1S/C34H47N5O9S/c1-33(2,3)48-31(43)35-26-15-9-7-5-6-8-14-24-19-34(24,30(42)37-49(4,45)46)36-28(40)27-18-25(21-39(27)29(26)41)47-32(44)38-17-16-22-12-10-11-13-23(22)20-38/h8,10-14,24-27H,5-7,9,15-21H2,1-4H3,(H,35,43)(H,36,40)(H,37,42)/b14-8+/t24-,25-,26+,27+,34-/m1/s1. The summed E-state index contributed by atoms with van der Waals surface area (Å²) in [6, 6.07) is 5.63. The molecule has 0 spiro atoms. The predicted octanol–water partition coefficient (Wildman–Crippen LogP) is 2.52. The number of fused-ring (bicyclic) bond motifs is 3. The van der Waals surface area contributed by atoms with Crippen LogP contribution in [0, 0.1) is 5.92 Å². The maximum Gasteiger partial charge on any atom is 0.410 e. The van der Waals surface area contributed by atoms with Crippen LogP contribution < -0.4 is 15.4 Å². The molecule has 3 heterocycles. The van der Waals surface area contributed by atoms with Crippen molar-refractivity contribution in [1.29, 1.82) is 0 Å². The van der Waals surface area contributed by atoms with Crippen molar-refractivity contribution in [2.24, 2.45) is 5.92 Å². The fraction of sp³-hybridized carbons (Fsp3) is 0.618. The van der Waals surface area contributed by atoms with Crippen molar-refractivity contribution in [2.45, 2.75) is 108 Å². The van der Waals surface area contributed by atoms with Crippen molar-refractivity contribution < 1.29 is 41.9 Å². The van der Waals surface area contributed by atoms with Gasteiger partial charge < -0.3 is 29.9 Å². The lowest BCUT2D eigenvalue weighted by Crippen LogP contribution is -2.58. The first-order valence-corrected chi connectivity index (χ1v) is 18.8. The van der Waals surface area contributed by atoms with Gasteiger partial charge in [0.05, 0.1) is 12.8 Å². The molecule has 5 atom stereocenters. The first kappa shape index (κ1) is 36.1. The van der Waals surface area contributed by atoms with Crippen LogP contribution in [-0.4, -0.2) is 96.8 Å². The molecule has 1 saturated carbocycles. The van der Waals surface area contributed by atoms with Gasteiger partial charge in [0, 0.05) is 25.4 Å². The molecule has 268 valence electrons. The van der Waals surface area contributed by atoms with Gasteiger partial charge in [0.25, 0.3) is 5.91 Å². The number of nitrogens with zero attached hydrogens (tertiary/aromatic N) is 2. The summed E-state index contributed by atoms with van der Waals surface area (Å²) in [5.41, 5.74) is -0.173. The molecule has 1 aromatic carbocycles. The highest BCUT2D eigenvalue weighted by atomic mass is 32.2. The molecule has 0 radical (unpaired) electrons. The molecule has 0 bridgehead atoms. The van der Waals surface area contributed by atoms with Crippen molar-refractivity contribution in [3.63, 3.8) is 0 Å². The summed E-state index contributed by atoms with van der Waals surface area (Å²) in [7, 11) is -3.93. The molecule has 5 rings (SSSR count). The smallest absolute Gasteiger partial charge is 0.410 e. The number of alkyl carbamates (subject to hydrolysis) is 1. The van der Waals surface area contributed by atoms with Gasteiger partial charge in [-0.15, -0.1) is 0 Å². The normalized spacial score (nSPS) is 28.3. The SMILES string of the molecule is CC(C)(C)OC(=O)N[C@H]1CCCCC/C=C/[C@@H]2C[C@@]2(C(=O)NS(C)(=O)=O)NC(=O)[C@@H]2C[C@@H](OC(=O)N3CCc4ccccc4C3)CN2C1=O. The minimum Gasteiger partial charge on any atom is -0.444 e. The summed E-state index contributed by atoms with van der Waals surface area (Å²) in [5.74, 6) is -2.56. The highest BCUT2D eigenvalue weighted by Crippen LogP contribution is 2.45. The van der Waals surface area contributed by atoms with Crippen LogP contribution in [0.15, 0.2) is 36.4 Å². The summed E-state index contributed by atoms with van der Waals surface area (Å²) in [6.07, 6.45) is 6.23. The second kappa shape index (κ2) is 14.4. The third kappa shape index (κ3) is 9.11. The number of sulfonamides is 1. The van der Waals surface area contributed by atoms with E-state index in [0.29, 0.717) is 32.4 Å². The molecule has 1 aliphatic carbocycles. The van der Waals surface area contributed by atoms with E-state index in [-0.39, 0.29) is 25.8 Å². The number of hydrogen-bond donors (Lipinski definition) is 3. The topological polar surface area (TPSA) is 181 Å². The van der Waals surface area contributed by atoms with E-state index in [2.05, 4.69) is 10.6 Å². The Hall–Kier alpha value is -4.14. The molecule has 1 aromatic rings. The van der Waals surface area contributed by atoms with Crippen molar-refractivity contribution in [3.05, 3.63) is 47.5 Å². The Balaban J connectivity index is 1.40. The van der Waals surface area contributed by atoms with E-state index in [1.54, 1.807) is 25.7 Å². The van der Waals surface area contributed by atoms with Gasteiger partial charge in [0.1, 0.15) is 29.3 Å². The summed E-state index contributed by atoms with van der Waals surface area (Å²) >= 11 is 0. The predicted molar refractivity (Wildman–Crippen MR) is 178 cm³/mol. The Labute approximate surface area is 287 Å². The fourth-order valence-electron chi connectivity index (χ4n) is 6.74. The largest absolute Gasteiger partial charge is 0.444 e. The summed E-state index contributed by atoms with van der Waals surface area (Å²) in [5, 5.41) is 5.45. The number of allylic oxidation sites excluding steroid dienone is 1. The van der Waals surface area contributed by atoms with Gasteiger partial charge in [-0.3, -0.25) is 19.1 Å². The monoisotopic (exact) mass is 701 g/mol. The van der Waals surface area contributed by atoms with Crippen LogP contribution in [0.25, 0.3) is 0 Å². The van der Waals surface area contributed by atoms with E-state index >= 15 is 0 Å². The molecule has 1 saturated heterocycles. The van der Waals surface area contributed by atoms with Crippen LogP contribution in [0.2, 0.25) is 0 Å². The third-order valence-corrected chi connectivity index (χ3v) is 9.83. The van der Waals surface area contributed by atoms with Crippen LogP contribution in [0.5, 0.6) is 0 Å². The van der Waals surface area contributed by atoms with Gasteiger partial charge in [0.2, 0.25) is 21.8 Å². The van der Waals surface area contributed by atoms with Crippen molar-refractivity contribution in [1.82, 2.24) is 25.2 Å². The Bertz CT molecular complexity index is 1610. The highest BCUT2D eigenvalue weighted by molar-refractivity contribution is 7.89. The molecular weight excluding hydrogens is 654 g/mol. The molecule has 49 heavy (non-hydrogen) atoms. The number of benzene rings is 1. The molecule has 0 unspecified atom stereocenters. The van der Waals surface area contributed by atoms with Crippen LogP contribution in [-0.2, 0) is 46.8 Å².